The van der Waals surface area contributed by atoms with Gasteiger partial charge in [-0.15, -0.1) is 5.10 Å². The number of carbonyl (C=O) groups is 1. The number of benzene rings is 2. The maximum atomic E-state index is 12.9. The van der Waals surface area contributed by atoms with Crippen LogP contribution in [-0.4, -0.2) is 27.3 Å². The number of hydrogen-bond acceptors (Lipinski definition) is 4. The SMILES string of the molecule is CCCOc1nc(-c2ccccc2Cl)n(C(=O)c2ccc(C(F)(F)F)cc2)n1. The Balaban J connectivity index is 2.03. The molecule has 0 atom stereocenters. The van der Waals surface area contributed by atoms with Gasteiger partial charge in [0.15, 0.2) is 5.82 Å². The molecule has 0 saturated carbocycles. The van der Waals surface area contributed by atoms with Crippen molar-refractivity contribution < 1.29 is 22.7 Å². The molecule has 146 valence electrons. The second-order valence-electron chi connectivity index (χ2n) is 5.84. The van der Waals surface area contributed by atoms with Crippen molar-refractivity contribution in [2.24, 2.45) is 0 Å². The summed E-state index contributed by atoms with van der Waals surface area (Å²) in [7, 11) is 0. The number of nitrogens with zero attached hydrogens (tertiary/aromatic N) is 3. The van der Waals surface area contributed by atoms with E-state index in [1.807, 2.05) is 6.92 Å². The molecule has 0 radical (unpaired) electrons. The molecule has 5 nitrogen and oxygen atoms in total. The number of rotatable bonds is 5. The number of ether oxygens (including phenoxy) is 1. The van der Waals surface area contributed by atoms with Crippen molar-refractivity contribution in [1.82, 2.24) is 14.8 Å². The maximum absolute atomic E-state index is 12.9. The van der Waals surface area contributed by atoms with Crippen LogP contribution in [0.1, 0.15) is 29.3 Å². The predicted molar refractivity (Wildman–Crippen MR) is 97.4 cm³/mol. The molecule has 1 aromatic heterocycles. The van der Waals surface area contributed by atoms with Gasteiger partial charge in [-0.3, -0.25) is 4.79 Å². The summed E-state index contributed by atoms with van der Waals surface area (Å²) in [4.78, 5) is 17.1. The summed E-state index contributed by atoms with van der Waals surface area (Å²) in [5.41, 5.74) is -0.377. The van der Waals surface area contributed by atoms with Gasteiger partial charge in [-0.1, -0.05) is 30.7 Å². The Bertz CT molecular complexity index is 985. The van der Waals surface area contributed by atoms with Gasteiger partial charge in [0.05, 0.1) is 17.2 Å². The van der Waals surface area contributed by atoms with Crippen molar-refractivity contribution in [1.29, 1.82) is 0 Å². The first-order valence-electron chi connectivity index (χ1n) is 8.38. The van der Waals surface area contributed by atoms with Gasteiger partial charge in [-0.05, 0) is 42.8 Å². The summed E-state index contributed by atoms with van der Waals surface area (Å²) in [6.07, 6.45) is -3.78. The van der Waals surface area contributed by atoms with E-state index in [4.69, 9.17) is 16.3 Å². The van der Waals surface area contributed by atoms with Crippen LogP contribution in [0.15, 0.2) is 48.5 Å². The molecule has 28 heavy (non-hydrogen) atoms. The first-order chi connectivity index (χ1) is 13.3. The molecule has 0 amide bonds. The summed E-state index contributed by atoms with van der Waals surface area (Å²) in [5.74, 6) is -0.510. The van der Waals surface area contributed by atoms with E-state index in [0.717, 1.165) is 28.9 Å². The molecule has 2 aromatic carbocycles. The predicted octanol–water partition coefficient (Wildman–Crippen LogP) is 5.09. The summed E-state index contributed by atoms with van der Waals surface area (Å²) in [6.45, 7) is 2.25. The first-order valence-corrected chi connectivity index (χ1v) is 8.75. The summed E-state index contributed by atoms with van der Waals surface area (Å²) >= 11 is 6.21. The van der Waals surface area contributed by atoms with Crippen LogP contribution in [0.3, 0.4) is 0 Å². The zero-order chi connectivity index (χ0) is 20.3. The van der Waals surface area contributed by atoms with Gasteiger partial charge in [0.25, 0.3) is 5.91 Å². The van der Waals surface area contributed by atoms with Crippen molar-refractivity contribution in [3.8, 4) is 17.4 Å². The Morgan fingerprint density at radius 1 is 1.14 bits per heavy atom. The molecule has 0 aliphatic carbocycles. The molecule has 0 unspecified atom stereocenters. The lowest BCUT2D eigenvalue weighted by molar-refractivity contribution is -0.137. The van der Waals surface area contributed by atoms with Crippen LogP contribution in [0.5, 0.6) is 6.01 Å². The fourth-order valence-corrected chi connectivity index (χ4v) is 2.65. The maximum Gasteiger partial charge on any atom is 0.416 e. The van der Waals surface area contributed by atoms with Crippen LogP contribution in [0.25, 0.3) is 11.4 Å². The third-order valence-corrected chi connectivity index (χ3v) is 4.12. The minimum atomic E-state index is -4.49. The van der Waals surface area contributed by atoms with Crippen LogP contribution < -0.4 is 4.74 Å². The van der Waals surface area contributed by atoms with Gasteiger partial charge in [0.2, 0.25) is 0 Å². The molecule has 1 heterocycles. The average Bonchev–Trinajstić information content (AvgIpc) is 3.09. The van der Waals surface area contributed by atoms with E-state index in [1.54, 1.807) is 24.3 Å². The van der Waals surface area contributed by atoms with Gasteiger partial charge >= 0.3 is 12.2 Å². The Morgan fingerprint density at radius 3 is 2.43 bits per heavy atom. The van der Waals surface area contributed by atoms with E-state index in [-0.39, 0.29) is 17.4 Å². The molecule has 0 aliphatic rings. The highest BCUT2D eigenvalue weighted by Crippen LogP contribution is 2.30. The summed E-state index contributed by atoms with van der Waals surface area (Å²) in [6, 6.07) is 10.6. The van der Waals surface area contributed by atoms with E-state index >= 15 is 0 Å². The fraction of sp³-hybridized carbons (Fsp3) is 0.211. The van der Waals surface area contributed by atoms with E-state index in [0.29, 0.717) is 23.6 Å². The third-order valence-electron chi connectivity index (χ3n) is 3.79. The second kappa shape index (κ2) is 8.02. The zero-order valence-electron chi connectivity index (χ0n) is 14.7. The smallest absolute Gasteiger partial charge is 0.416 e. The highest BCUT2D eigenvalue weighted by molar-refractivity contribution is 6.33. The monoisotopic (exact) mass is 409 g/mol. The molecular formula is C19H15ClF3N3O2. The minimum absolute atomic E-state index is 0.0166. The van der Waals surface area contributed by atoms with Gasteiger partial charge in [0, 0.05) is 11.1 Å². The summed E-state index contributed by atoms with van der Waals surface area (Å²) in [5, 5.41) is 4.41. The quantitative estimate of drug-likeness (QED) is 0.588. The standard InChI is InChI=1S/C19H15ClF3N3O2/c1-2-11-28-18-24-16(14-5-3-4-6-15(14)20)26(25-18)17(27)12-7-9-13(10-8-12)19(21,22)23/h3-10H,2,11H2,1H3. The number of halogens is 4. The topological polar surface area (TPSA) is 57.0 Å². The van der Waals surface area contributed by atoms with Crippen molar-refractivity contribution in [3.63, 3.8) is 0 Å². The van der Waals surface area contributed by atoms with Crippen molar-refractivity contribution >= 4 is 17.5 Å². The van der Waals surface area contributed by atoms with Crippen LogP contribution >= 0.6 is 11.6 Å². The zero-order valence-corrected chi connectivity index (χ0v) is 15.5. The van der Waals surface area contributed by atoms with Crippen LogP contribution in [0, 0.1) is 0 Å². The molecular weight excluding hydrogens is 395 g/mol. The first kappa shape index (κ1) is 19.9. The third kappa shape index (κ3) is 4.17. The van der Waals surface area contributed by atoms with Crippen LogP contribution in [0.4, 0.5) is 13.2 Å². The Hall–Kier alpha value is -2.87. The highest BCUT2D eigenvalue weighted by atomic mass is 35.5. The lowest BCUT2D eigenvalue weighted by Gasteiger charge is -2.08. The number of alkyl halides is 3. The lowest BCUT2D eigenvalue weighted by Crippen LogP contribution is -2.16. The van der Waals surface area contributed by atoms with Crippen LogP contribution in [0.2, 0.25) is 5.02 Å². The Kier molecular flexibility index (Phi) is 5.69. The second-order valence-corrected chi connectivity index (χ2v) is 6.25. The molecule has 3 rings (SSSR count). The van der Waals surface area contributed by atoms with Gasteiger partial charge in [-0.2, -0.15) is 22.8 Å². The molecule has 0 N–H and O–H groups in total. The van der Waals surface area contributed by atoms with Crippen molar-refractivity contribution in [2.75, 3.05) is 6.61 Å². The van der Waals surface area contributed by atoms with E-state index in [2.05, 4.69) is 10.1 Å². The van der Waals surface area contributed by atoms with Gasteiger partial charge < -0.3 is 4.74 Å². The largest absolute Gasteiger partial charge is 0.462 e. The summed E-state index contributed by atoms with van der Waals surface area (Å²) < 4.78 is 44.6. The molecule has 9 heteroatoms. The minimum Gasteiger partial charge on any atom is -0.462 e. The van der Waals surface area contributed by atoms with Crippen molar-refractivity contribution in [2.45, 2.75) is 19.5 Å². The Labute approximate surface area is 163 Å². The van der Waals surface area contributed by atoms with Crippen LogP contribution in [-0.2, 0) is 6.18 Å². The normalized spacial score (nSPS) is 11.5. The molecule has 0 fully saturated rings. The number of aromatic nitrogens is 3. The van der Waals surface area contributed by atoms with Crippen molar-refractivity contribution in [3.05, 3.63) is 64.7 Å². The molecule has 0 spiro atoms. The average molecular weight is 410 g/mol. The van der Waals surface area contributed by atoms with E-state index in [1.165, 1.54) is 0 Å². The van der Waals surface area contributed by atoms with Gasteiger partial charge in [-0.25, -0.2) is 0 Å². The molecule has 0 saturated heterocycles. The van der Waals surface area contributed by atoms with E-state index in [9.17, 15) is 18.0 Å². The number of hydrogen-bond donors (Lipinski definition) is 0. The lowest BCUT2D eigenvalue weighted by atomic mass is 10.1. The Morgan fingerprint density at radius 2 is 1.82 bits per heavy atom. The fourth-order valence-electron chi connectivity index (χ4n) is 2.43. The number of carbonyl (C=O) groups excluding carboxylic acids is 1. The van der Waals surface area contributed by atoms with Gasteiger partial charge in [0.1, 0.15) is 0 Å². The molecule has 3 aromatic rings. The highest BCUT2D eigenvalue weighted by Gasteiger charge is 2.30. The van der Waals surface area contributed by atoms with E-state index < -0.39 is 17.6 Å². The molecule has 0 aliphatic heterocycles. The molecule has 0 bridgehead atoms.